The highest BCUT2D eigenvalue weighted by molar-refractivity contribution is 5.86. The molecule has 0 bridgehead atoms. The van der Waals surface area contributed by atoms with Crippen LogP contribution in [0.2, 0.25) is 0 Å². The molecule has 0 fully saturated rings. The van der Waals surface area contributed by atoms with Crippen molar-refractivity contribution in [3.05, 3.63) is 29.0 Å². The van der Waals surface area contributed by atoms with E-state index >= 15 is 0 Å². The largest absolute Gasteiger partial charge is 0.384 e. The number of aromatic amines is 2. The molecule has 5 heteroatoms. The molecule has 0 radical (unpaired) electrons. The Labute approximate surface area is 134 Å². The average molecular weight is 307 g/mol. The zero-order valence-electron chi connectivity index (χ0n) is 13.6. The lowest BCUT2D eigenvalue weighted by Gasteiger charge is -2.16. The quantitative estimate of drug-likeness (QED) is 0.644. The molecule has 0 saturated carbocycles. The van der Waals surface area contributed by atoms with Crippen molar-refractivity contribution < 1.29 is 0 Å². The average Bonchev–Trinajstić information content (AvgIpc) is 3.21. The zero-order valence-corrected chi connectivity index (χ0v) is 13.6. The first-order valence-electron chi connectivity index (χ1n) is 8.46. The predicted octanol–water partition coefficient (Wildman–Crippen LogP) is 3.53. The maximum atomic E-state index is 4.81. The third-order valence-electron chi connectivity index (χ3n) is 5.35. The zero-order chi connectivity index (χ0) is 15.6. The second kappa shape index (κ2) is 4.37. The molecule has 0 unspecified atom stereocenters. The first kappa shape index (κ1) is 13.2. The number of benzene rings is 1. The number of aryl methyl sites for hydroxylation is 1. The second-order valence-corrected chi connectivity index (χ2v) is 7.47. The third-order valence-corrected chi connectivity index (χ3v) is 5.35. The van der Waals surface area contributed by atoms with Gasteiger partial charge < -0.3 is 10.3 Å². The number of fused-ring (bicyclic) bond motifs is 3. The van der Waals surface area contributed by atoms with Crippen LogP contribution in [-0.4, -0.2) is 26.7 Å². The van der Waals surface area contributed by atoms with Crippen molar-refractivity contribution in [2.75, 3.05) is 11.9 Å². The Morgan fingerprint density at radius 2 is 2.00 bits per heavy atom. The molecule has 3 aromatic rings. The number of nitrogens with one attached hydrogen (secondary N) is 3. The standard InChI is InChI=1S/C18H21N5/c1-18(2)9-19-13-8-15-14(7-11(13)18)20-17(21-15)16-10-5-3-4-6-12(10)22-23-16/h7-8,19H,3-6,9H2,1-2H3,(H,20,21)(H,22,23). The molecule has 3 heterocycles. The van der Waals surface area contributed by atoms with Gasteiger partial charge in [0.2, 0.25) is 0 Å². The highest BCUT2D eigenvalue weighted by atomic mass is 15.1. The van der Waals surface area contributed by atoms with Gasteiger partial charge in [-0.3, -0.25) is 5.10 Å². The van der Waals surface area contributed by atoms with E-state index in [-0.39, 0.29) is 5.41 Å². The van der Waals surface area contributed by atoms with E-state index in [0.29, 0.717) is 0 Å². The fourth-order valence-corrected chi connectivity index (χ4v) is 3.96. The molecule has 3 N–H and O–H groups in total. The first-order chi connectivity index (χ1) is 11.1. The number of anilines is 1. The number of imidazole rings is 1. The summed E-state index contributed by atoms with van der Waals surface area (Å²) in [5.41, 5.74) is 8.50. The van der Waals surface area contributed by atoms with Gasteiger partial charge in [-0.05, 0) is 43.4 Å². The number of hydrogen-bond donors (Lipinski definition) is 3. The summed E-state index contributed by atoms with van der Waals surface area (Å²) in [6, 6.07) is 4.42. The van der Waals surface area contributed by atoms with Gasteiger partial charge in [0.15, 0.2) is 5.82 Å². The van der Waals surface area contributed by atoms with E-state index in [0.717, 1.165) is 41.9 Å². The van der Waals surface area contributed by atoms with Gasteiger partial charge >= 0.3 is 0 Å². The van der Waals surface area contributed by atoms with Crippen LogP contribution in [0.15, 0.2) is 12.1 Å². The summed E-state index contributed by atoms with van der Waals surface area (Å²) < 4.78 is 0. The normalized spacial score (nSPS) is 18.7. The van der Waals surface area contributed by atoms with E-state index in [1.165, 1.54) is 35.3 Å². The maximum absolute atomic E-state index is 4.81. The lowest BCUT2D eigenvalue weighted by molar-refractivity contribution is 0.586. The Balaban J connectivity index is 1.66. The summed E-state index contributed by atoms with van der Waals surface area (Å²) in [5.74, 6) is 0.890. The summed E-state index contributed by atoms with van der Waals surface area (Å²) in [4.78, 5) is 8.30. The fourth-order valence-electron chi connectivity index (χ4n) is 3.96. The van der Waals surface area contributed by atoms with Crippen LogP contribution in [0.1, 0.15) is 43.5 Å². The van der Waals surface area contributed by atoms with Crippen molar-refractivity contribution in [1.29, 1.82) is 0 Å². The van der Waals surface area contributed by atoms with E-state index in [4.69, 9.17) is 4.98 Å². The third kappa shape index (κ3) is 1.85. The van der Waals surface area contributed by atoms with Crippen LogP contribution >= 0.6 is 0 Å². The molecule has 1 aliphatic carbocycles. The number of nitrogens with zero attached hydrogens (tertiary/aromatic N) is 2. The van der Waals surface area contributed by atoms with Crippen molar-refractivity contribution in [2.45, 2.75) is 44.9 Å². The fraction of sp³-hybridized carbons (Fsp3) is 0.444. The molecule has 1 aliphatic heterocycles. The summed E-state index contributed by atoms with van der Waals surface area (Å²) >= 11 is 0. The van der Waals surface area contributed by atoms with Gasteiger partial charge in [-0.15, -0.1) is 0 Å². The van der Waals surface area contributed by atoms with Crippen LogP contribution in [0.3, 0.4) is 0 Å². The van der Waals surface area contributed by atoms with Crippen LogP contribution in [-0.2, 0) is 18.3 Å². The van der Waals surface area contributed by atoms with E-state index in [1.54, 1.807) is 0 Å². The molecule has 118 valence electrons. The van der Waals surface area contributed by atoms with Crippen LogP contribution in [0, 0.1) is 0 Å². The van der Waals surface area contributed by atoms with Crippen LogP contribution in [0.25, 0.3) is 22.6 Å². The van der Waals surface area contributed by atoms with Crippen molar-refractivity contribution in [3.63, 3.8) is 0 Å². The Hall–Kier alpha value is -2.30. The molecule has 5 nitrogen and oxygen atoms in total. The minimum Gasteiger partial charge on any atom is -0.384 e. The van der Waals surface area contributed by atoms with Crippen molar-refractivity contribution in [1.82, 2.24) is 20.2 Å². The van der Waals surface area contributed by atoms with Crippen LogP contribution in [0.4, 0.5) is 5.69 Å². The van der Waals surface area contributed by atoms with Gasteiger partial charge in [0.1, 0.15) is 5.69 Å². The van der Waals surface area contributed by atoms with E-state index in [9.17, 15) is 0 Å². The van der Waals surface area contributed by atoms with E-state index < -0.39 is 0 Å². The van der Waals surface area contributed by atoms with Gasteiger partial charge in [0, 0.05) is 28.9 Å². The Morgan fingerprint density at radius 3 is 2.91 bits per heavy atom. The second-order valence-electron chi connectivity index (χ2n) is 7.47. The molecular weight excluding hydrogens is 286 g/mol. The predicted molar refractivity (Wildman–Crippen MR) is 91.8 cm³/mol. The minimum absolute atomic E-state index is 0.167. The molecule has 1 aromatic carbocycles. The molecule has 0 amide bonds. The molecule has 0 spiro atoms. The molecular formula is C18H21N5. The summed E-state index contributed by atoms with van der Waals surface area (Å²) in [5, 5.41) is 11.2. The number of H-pyrrole nitrogens is 2. The summed E-state index contributed by atoms with van der Waals surface area (Å²) in [6.45, 7) is 5.53. The molecule has 5 rings (SSSR count). The molecule has 2 aliphatic rings. The van der Waals surface area contributed by atoms with Gasteiger partial charge in [-0.1, -0.05) is 13.8 Å². The van der Waals surface area contributed by atoms with Gasteiger partial charge in [-0.2, -0.15) is 5.10 Å². The monoisotopic (exact) mass is 307 g/mol. The topological polar surface area (TPSA) is 69.4 Å². The van der Waals surface area contributed by atoms with Gasteiger partial charge in [-0.25, -0.2) is 4.98 Å². The summed E-state index contributed by atoms with van der Waals surface area (Å²) in [6.07, 6.45) is 4.70. The minimum atomic E-state index is 0.167. The Morgan fingerprint density at radius 1 is 1.13 bits per heavy atom. The first-order valence-corrected chi connectivity index (χ1v) is 8.46. The van der Waals surface area contributed by atoms with E-state index in [1.807, 2.05) is 0 Å². The highest BCUT2D eigenvalue weighted by Gasteiger charge is 2.30. The van der Waals surface area contributed by atoms with Gasteiger partial charge in [0.25, 0.3) is 0 Å². The Kier molecular flexibility index (Phi) is 2.50. The number of aromatic nitrogens is 4. The highest BCUT2D eigenvalue weighted by Crippen LogP contribution is 2.39. The SMILES string of the molecule is CC1(C)CNc2cc3nc(-c4n[nH]c5c4CCCC5)[nH]c3cc21. The molecule has 0 saturated heterocycles. The van der Waals surface area contributed by atoms with Crippen molar-refractivity contribution in [2.24, 2.45) is 0 Å². The molecule has 2 aromatic heterocycles. The van der Waals surface area contributed by atoms with Crippen molar-refractivity contribution >= 4 is 16.7 Å². The van der Waals surface area contributed by atoms with Gasteiger partial charge in [0.05, 0.1) is 11.0 Å². The maximum Gasteiger partial charge on any atom is 0.159 e. The van der Waals surface area contributed by atoms with Crippen LogP contribution in [0.5, 0.6) is 0 Å². The number of rotatable bonds is 1. The summed E-state index contributed by atoms with van der Waals surface area (Å²) in [7, 11) is 0. The lowest BCUT2D eigenvalue weighted by atomic mass is 9.87. The van der Waals surface area contributed by atoms with E-state index in [2.05, 4.69) is 46.5 Å². The number of hydrogen-bond acceptors (Lipinski definition) is 3. The van der Waals surface area contributed by atoms with Crippen molar-refractivity contribution in [3.8, 4) is 11.5 Å². The molecule has 0 atom stereocenters. The Bertz CT molecular complexity index is 915. The molecule has 23 heavy (non-hydrogen) atoms. The smallest absolute Gasteiger partial charge is 0.159 e. The lowest BCUT2D eigenvalue weighted by Crippen LogP contribution is -2.18. The van der Waals surface area contributed by atoms with Crippen LogP contribution < -0.4 is 5.32 Å².